The average Bonchev–Trinajstić information content (AvgIpc) is 2.96. The highest BCUT2D eigenvalue weighted by molar-refractivity contribution is 14.0. The van der Waals surface area contributed by atoms with E-state index in [1.807, 2.05) is 6.92 Å². The highest BCUT2D eigenvalue weighted by Gasteiger charge is 2.37. The number of likely N-dealkylation sites (tertiary alicyclic amines) is 1. The Morgan fingerprint density at radius 3 is 2.59 bits per heavy atom. The van der Waals surface area contributed by atoms with Crippen molar-refractivity contribution in [2.45, 2.75) is 19.6 Å². The minimum absolute atomic E-state index is 0. The van der Waals surface area contributed by atoms with Crippen molar-refractivity contribution >= 4 is 35.9 Å². The molecule has 0 aromatic heterocycles. The second kappa shape index (κ2) is 9.56. The van der Waals surface area contributed by atoms with Gasteiger partial charge in [-0.15, -0.1) is 24.0 Å². The summed E-state index contributed by atoms with van der Waals surface area (Å²) >= 11 is 0. The van der Waals surface area contributed by atoms with Gasteiger partial charge in [0.25, 0.3) is 0 Å². The maximum atomic E-state index is 13.2. The van der Waals surface area contributed by atoms with Crippen LogP contribution in [0.15, 0.2) is 23.2 Å². The first-order valence-electron chi connectivity index (χ1n) is 8.06. The third kappa shape index (κ3) is 5.69. The van der Waals surface area contributed by atoms with Gasteiger partial charge in [-0.25, -0.2) is 4.39 Å². The van der Waals surface area contributed by atoms with E-state index in [-0.39, 0.29) is 53.9 Å². The van der Waals surface area contributed by atoms with E-state index in [0.717, 1.165) is 12.1 Å². The number of hydrogen-bond acceptors (Lipinski definition) is 3. The van der Waals surface area contributed by atoms with Crippen molar-refractivity contribution in [1.29, 1.82) is 0 Å². The van der Waals surface area contributed by atoms with Crippen LogP contribution in [-0.2, 0) is 22.3 Å². The van der Waals surface area contributed by atoms with Crippen molar-refractivity contribution in [3.8, 4) is 0 Å². The van der Waals surface area contributed by atoms with Gasteiger partial charge in [-0.05, 0) is 23.6 Å². The molecule has 1 fully saturated rings. The molecule has 1 aromatic rings. The van der Waals surface area contributed by atoms with Crippen LogP contribution in [0.2, 0.25) is 0 Å². The lowest BCUT2D eigenvalue weighted by atomic mass is 9.99. The Labute approximate surface area is 172 Å². The minimum atomic E-state index is -4.65. The van der Waals surface area contributed by atoms with Crippen LogP contribution >= 0.6 is 24.0 Å². The number of alkyl halides is 3. The SMILES string of the molecule is CN=C(NCc1ccc(F)cc1C(F)(F)F)N1CC(C)C(C(=O)OC)C1.I. The number of nitrogens with one attached hydrogen (secondary N) is 1. The lowest BCUT2D eigenvalue weighted by molar-refractivity contribution is -0.146. The van der Waals surface area contributed by atoms with Gasteiger partial charge < -0.3 is 15.0 Å². The summed E-state index contributed by atoms with van der Waals surface area (Å²) in [7, 11) is 2.83. The number of nitrogens with zero attached hydrogens (tertiary/aromatic N) is 2. The number of benzene rings is 1. The molecule has 0 amide bonds. The molecule has 1 aliphatic rings. The molecule has 0 saturated carbocycles. The summed E-state index contributed by atoms with van der Waals surface area (Å²) in [6.45, 7) is 2.62. The molecule has 152 valence electrons. The van der Waals surface area contributed by atoms with E-state index in [4.69, 9.17) is 4.74 Å². The Kier molecular flexibility index (Phi) is 8.30. The zero-order valence-corrected chi connectivity index (χ0v) is 17.5. The van der Waals surface area contributed by atoms with Crippen LogP contribution in [-0.4, -0.2) is 44.1 Å². The van der Waals surface area contributed by atoms with Crippen molar-refractivity contribution in [2.24, 2.45) is 16.8 Å². The molecule has 2 atom stereocenters. The van der Waals surface area contributed by atoms with E-state index >= 15 is 0 Å². The molecule has 0 bridgehead atoms. The van der Waals surface area contributed by atoms with E-state index in [0.29, 0.717) is 25.1 Å². The van der Waals surface area contributed by atoms with Gasteiger partial charge in [0.1, 0.15) is 5.82 Å². The summed E-state index contributed by atoms with van der Waals surface area (Å²) in [5.41, 5.74) is -1.11. The first kappa shape index (κ1) is 23.4. The molecule has 0 spiro atoms. The molecule has 1 aromatic carbocycles. The molecule has 0 aliphatic carbocycles. The smallest absolute Gasteiger partial charge is 0.416 e. The van der Waals surface area contributed by atoms with E-state index in [1.54, 1.807) is 4.90 Å². The molecule has 0 radical (unpaired) electrons. The van der Waals surface area contributed by atoms with E-state index < -0.39 is 17.6 Å². The van der Waals surface area contributed by atoms with Gasteiger partial charge >= 0.3 is 12.1 Å². The van der Waals surface area contributed by atoms with Crippen molar-refractivity contribution in [3.63, 3.8) is 0 Å². The van der Waals surface area contributed by atoms with Crippen LogP contribution in [0.4, 0.5) is 17.6 Å². The molecule has 1 saturated heterocycles. The van der Waals surface area contributed by atoms with Crippen molar-refractivity contribution in [3.05, 3.63) is 35.1 Å². The summed E-state index contributed by atoms with van der Waals surface area (Å²) in [6.07, 6.45) is -4.65. The normalized spacial score (nSPS) is 20.3. The number of carbonyl (C=O) groups excluding carboxylic acids is 1. The minimum Gasteiger partial charge on any atom is -0.469 e. The average molecular weight is 503 g/mol. The molecule has 1 N–H and O–H groups in total. The highest BCUT2D eigenvalue weighted by atomic mass is 127. The number of carbonyl (C=O) groups is 1. The third-order valence-electron chi connectivity index (χ3n) is 4.44. The molecular formula is C17H22F4IN3O2. The zero-order valence-electron chi connectivity index (χ0n) is 15.1. The van der Waals surface area contributed by atoms with Crippen molar-refractivity contribution in [2.75, 3.05) is 27.2 Å². The van der Waals surface area contributed by atoms with Crippen LogP contribution in [0.3, 0.4) is 0 Å². The Morgan fingerprint density at radius 2 is 2.04 bits per heavy atom. The molecule has 1 heterocycles. The standard InChI is InChI=1S/C17H21F4N3O2.HI/c1-10-8-24(9-13(10)15(25)26-3)16(22-2)23-7-11-4-5-12(18)6-14(11)17(19,20)21;/h4-6,10,13H,7-9H2,1-3H3,(H,22,23);1H. The number of methoxy groups -OCH3 is 1. The number of esters is 1. The molecule has 2 rings (SSSR count). The Hall–Kier alpha value is -1.59. The fraction of sp³-hybridized carbons (Fsp3) is 0.529. The molecule has 2 unspecified atom stereocenters. The van der Waals surface area contributed by atoms with Gasteiger partial charge in [-0.3, -0.25) is 9.79 Å². The second-order valence-electron chi connectivity index (χ2n) is 6.21. The molecule has 10 heteroatoms. The Morgan fingerprint density at radius 1 is 1.37 bits per heavy atom. The van der Waals surface area contributed by atoms with Crippen LogP contribution in [0.1, 0.15) is 18.1 Å². The first-order chi connectivity index (χ1) is 12.2. The maximum absolute atomic E-state index is 13.2. The van der Waals surface area contributed by atoms with Gasteiger partial charge in [0.2, 0.25) is 0 Å². The largest absolute Gasteiger partial charge is 0.469 e. The second-order valence-corrected chi connectivity index (χ2v) is 6.21. The summed E-state index contributed by atoms with van der Waals surface area (Å²) in [6, 6.07) is 2.56. The fourth-order valence-electron chi connectivity index (χ4n) is 3.07. The van der Waals surface area contributed by atoms with Gasteiger partial charge in [0.15, 0.2) is 5.96 Å². The van der Waals surface area contributed by atoms with Gasteiger partial charge in [0, 0.05) is 26.7 Å². The molecule has 5 nitrogen and oxygen atoms in total. The predicted octanol–water partition coefficient (Wildman–Crippen LogP) is 3.28. The maximum Gasteiger partial charge on any atom is 0.416 e. The topological polar surface area (TPSA) is 53.9 Å². The lowest BCUT2D eigenvalue weighted by Crippen LogP contribution is -2.40. The first-order valence-corrected chi connectivity index (χ1v) is 8.06. The van der Waals surface area contributed by atoms with Gasteiger partial charge in [-0.1, -0.05) is 13.0 Å². The van der Waals surface area contributed by atoms with Gasteiger partial charge in [0.05, 0.1) is 18.6 Å². The highest BCUT2D eigenvalue weighted by Crippen LogP contribution is 2.32. The fourth-order valence-corrected chi connectivity index (χ4v) is 3.07. The summed E-state index contributed by atoms with van der Waals surface area (Å²) in [5.74, 6) is -1.19. The van der Waals surface area contributed by atoms with Crippen LogP contribution in [0, 0.1) is 17.7 Å². The number of rotatable bonds is 3. The van der Waals surface area contributed by atoms with Crippen molar-refractivity contribution < 1.29 is 27.1 Å². The molecular weight excluding hydrogens is 481 g/mol. The number of guanidine groups is 1. The van der Waals surface area contributed by atoms with Crippen LogP contribution in [0.25, 0.3) is 0 Å². The predicted molar refractivity (Wildman–Crippen MR) is 103 cm³/mol. The van der Waals surface area contributed by atoms with Gasteiger partial charge in [-0.2, -0.15) is 13.2 Å². The summed E-state index contributed by atoms with van der Waals surface area (Å²) in [5, 5.41) is 2.86. The van der Waals surface area contributed by atoms with Crippen LogP contribution in [0.5, 0.6) is 0 Å². The Bertz CT molecular complexity index is 697. The van der Waals surface area contributed by atoms with Crippen molar-refractivity contribution in [1.82, 2.24) is 10.2 Å². The molecule has 27 heavy (non-hydrogen) atoms. The Balaban J connectivity index is 0.00000364. The number of hydrogen-bond donors (Lipinski definition) is 1. The quantitative estimate of drug-likeness (QED) is 0.226. The third-order valence-corrected chi connectivity index (χ3v) is 4.44. The summed E-state index contributed by atoms with van der Waals surface area (Å²) in [4.78, 5) is 17.6. The number of halogens is 5. The molecule has 1 aliphatic heterocycles. The monoisotopic (exact) mass is 503 g/mol. The van der Waals surface area contributed by atoms with E-state index in [2.05, 4.69) is 10.3 Å². The van der Waals surface area contributed by atoms with Crippen LogP contribution < -0.4 is 5.32 Å². The summed E-state index contributed by atoms with van der Waals surface area (Å²) < 4.78 is 57.2. The zero-order chi connectivity index (χ0) is 19.5. The number of aliphatic imine (C=N–C) groups is 1. The number of ether oxygens (including phenoxy) is 1. The lowest BCUT2D eigenvalue weighted by Gasteiger charge is -2.22. The van der Waals surface area contributed by atoms with E-state index in [9.17, 15) is 22.4 Å². The van der Waals surface area contributed by atoms with E-state index in [1.165, 1.54) is 14.2 Å².